The highest BCUT2D eigenvalue weighted by Crippen LogP contribution is 2.27. The van der Waals surface area contributed by atoms with Crippen LogP contribution in [0.3, 0.4) is 0 Å². The molecule has 0 aromatic rings. The molecule has 2 atom stereocenters. The van der Waals surface area contributed by atoms with Gasteiger partial charge in [-0.25, -0.2) is 4.39 Å². The van der Waals surface area contributed by atoms with Crippen LogP contribution in [0, 0.1) is 0 Å². The first-order chi connectivity index (χ1) is 2.80. The summed E-state index contributed by atoms with van der Waals surface area (Å²) in [5.41, 5.74) is 0. The third-order valence-corrected chi connectivity index (χ3v) is 1.74. The maximum atomic E-state index is 11.8. The SMILES string of the molecule is FC1CC[C@@H]1S. The number of hydrogen-bond acceptors (Lipinski definition) is 1. The zero-order valence-corrected chi connectivity index (χ0v) is 4.29. The Morgan fingerprint density at radius 3 is 2.00 bits per heavy atom. The molecule has 0 aliphatic heterocycles. The van der Waals surface area contributed by atoms with Crippen LogP contribution in [0.1, 0.15) is 12.8 Å². The van der Waals surface area contributed by atoms with Gasteiger partial charge in [-0.1, -0.05) is 0 Å². The van der Waals surface area contributed by atoms with Gasteiger partial charge in [0.1, 0.15) is 6.17 Å². The summed E-state index contributed by atoms with van der Waals surface area (Å²) in [4.78, 5) is 0. The van der Waals surface area contributed by atoms with E-state index in [4.69, 9.17) is 0 Å². The molecular formula is C4H7FS. The standard InChI is InChI=1S/C4H7FS/c5-3-1-2-4(3)6/h3-4,6H,1-2H2/t3?,4-/m0/s1. The minimum absolute atomic E-state index is 0.0602. The second kappa shape index (κ2) is 1.41. The smallest absolute Gasteiger partial charge is 0.112 e. The largest absolute Gasteiger partial charge is 0.246 e. The first-order valence-corrected chi connectivity index (χ1v) is 2.64. The maximum absolute atomic E-state index is 11.8. The zero-order valence-electron chi connectivity index (χ0n) is 3.39. The molecule has 0 heterocycles. The van der Waals surface area contributed by atoms with E-state index in [9.17, 15) is 4.39 Å². The van der Waals surface area contributed by atoms with Crippen molar-refractivity contribution in [2.24, 2.45) is 0 Å². The molecule has 0 nitrogen and oxygen atoms in total. The van der Waals surface area contributed by atoms with E-state index in [1.54, 1.807) is 0 Å². The van der Waals surface area contributed by atoms with Crippen LogP contribution >= 0.6 is 12.6 Å². The Kier molecular flexibility index (Phi) is 1.04. The van der Waals surface area contributed by atoms with Crippen LogP contribution < -0.4 is 0 Å². The Morgan fingerprint density at radius 1 is 1.50 bits per heavy atom. The number of halogens is 1. The maximum Gasteiger partial charge on any atom is 0.112 e. The molecule has 36 valence electrons. The fourth-order valence-corrected chi connectivity index (χ4v) is 0.740. The van der Waals surface area contributed by atoms with Gasteiger partial charge in [0.15, 0.2) is 0 Å². The lowest BCUT2D eigenvalue weighted by Crippen LogP contribution is -2.27. The molecule has 2 heteroatoms. The van der Waals surface area contributed by atoms with Gasteiger partial charge in [0.25, 0.3) is 0 Å². The van der Waals surface area contributed by atoms with Gasteiger partial charge in [-0.3, -0.25) is 0 Å². The highest BCUT2D eigenvalue weighted by atomic mass is 32.1. The molecular weight excluding hydrogens is 99.1 g/mol. The van der Waals surface area contributed by atoms with Crippen molar-refractivity contribution >= 4 is 12.6 Å². The number of alkyl halides is 1. The van der Waals surface area contributed by atoms with E-state index in [2.05, 4.69) is 12.6 Å². The van der Waals surface area contributed by atoms with Gasteiger partial charge in [0.05, 0.1) is 0 Å². The zero-order chi connectivity index (χ0) is 4.57. The first-order valence-electron chi connectivity index (χ1n) is 2.13. The highest BCUT2D eigenvalue weighted by molar-refractivity contribution is 7.81. The summed E-state index contributed by atoms with van der Waals surface area (Å²) < 4.78 is 11.8. The van der Waals surface area contributed by atoms with Gasteiger partial charge in [-0.2, -0.15) is 12.6 Å². The summed E-state index contributed by atoms with van der Waals surface area (Å²) in [6.45, 7) is 0. The monoisotopic (exact) mass is 106 g/mol. The Hall–Kier alpha value is 0.280. The lowest BCUT2D eigenvalue weighted by molar-refractivity contribution is 0.223. The summed E-state index contributed by atoms with van der Waals surface area (Å²) in [7, 11) is 0. The molecule has 0 bridgehead atoms. The summed E-state index contributed by atoms with van der Waals surface area (Å²) in [5.74, 6) is 0. The normalized spacial score (nSPS) is 45.0. The predicted molar refractivity (Wildman–Crippen MR) is 26.9 cm³/mol. The van der Waals surface area contributed by atoms with Crippen LogP contribution in [-0.2, 0) is 0 Å². The average Bonchev–Trinajstić information content (AvgIpc) is 1.61. The summed E-state index contributed by atoms with van der Waals surface area (Å²) in [5, 5.41) is 0.0602. The average molecular weight is 106 g/mol. The van der Waals surface area contributed by atoms with Crippen molar-refractivity contribution in [1.82, 2.24) is 0 Å². The summed E-state index contributed by atoms with van der Waals surface area (Å²) in [6, 6.07) is 0. The second-order valence-electron chi connectivity index (χ2n) is 1.66. The lowest BCUT2D eigenvalue weighted by Gasteiger charge is -2.24. The van der Waals surface area contributed by atoms with E-state index >= 15 is 0 Å². The molecule has 0 aromatic heterocycles. The van der Waals surface area contributed by atoms with E-state index in [0.717, 1.165) is 12.8 Å². The molecule has 0 saturated heterocycles. The van der Waals surface area contributed by atoms with Crippen LogP contribution in [0.25, 0.3) is 0 Å². The second-order valence-corrected chi connectivity index (χ2v) is 2.32. The first kappa shape index (κ1) is 4.44. The van der Waals surface area contributed by atoms with E-state index in [0.29, 0.717) is 0 Å². The van der Waals surface area contributed by atoms with Crippen LogP contribution in [0.5, 0.6) is 0 Å². The fourth-order valence-electron chi connectivity index (χ4n) is 0.442. The van der Waals surface area contributed by atoms with Gasteiger partial charge < -0.3 is 0 Å². The van der Waals surface area contributed by atoms with Gasteiger partial charge in [-0.05, 0) is 12.8 Å². The van der Waals surface area contributed by atoms with E-state index in [1.165, 1.54) is 0 Å². The molecule has 1 rings (SSSR count). The van der Waals surface area contributed by atoms with Crippen LogP contribution in [0.2, 0.25) is 0 Å². The van der Waals surface area contributed by atoms with Gasteiger partial charge in [0, 0.05) is 5.25 Å². The Labute approximate surface area is 42.1 Å². The van der Waals surface area contributed by atoms with Crippen molar-refractivity contribution in [1.29, 1.82) is 0 Å². The van der Waals surface area contributed by atoms with Crippen molar-refractivity contribution in [2.45, 2.75) is 24.3 Å². The van der Waals surface area contributed by atoms with Crippen LogP contribution in [0.4, 0.5) is 4.39 Å². The highest BCUT2D eigenvalue weighted by Gasteiger charge is 2.26. The summed E-state index contributed by atoms with van der Waals surface area (Å²) >= 11 is 3.90. The Bertz CT molecular complexity index is 47.5. The molecule has 1 aliphatic carbocycles. The van der Waals surface area contributed by atoms with Crippen molar-refractivity contribution < 1.29 is 4.39 Å². The molecule has 0 N–H and O–H groups in total. The summed E-state index contributed by atoms with van der Waals surface area (Å²) in [6.07, 6.45) is 1.09. The molecule has 0 radical (unpaired) electrons. The third kappa shape index (κ3) is 0.535. The topological polar surface area (TPSA) is 0 Å². The minimum Gasteiger partial charge on any atom is -0.246 e. The van der Waals surface area contributed by atoms with E-state index in [-0.39, 0.29) is 5.25 Å². The molecule has 1 fully saturated rings. The Balaban J connectivity index is 2.20. The molecule has 1 unspecified atom stereocenters. The molecule has 1 saturated carbocycles. The van der Waals surface area contributed by atoms with Gasteiger partial charge >= 0.3 is 0 Å². The third-order valence-electron chi connectivity index (χ3n) is 1.16. The predicted octanol–water partition coefficient (Wildman–Crippen LogP) is 1.42. The molecule has 1 aliphatic rings. The number of thiol groups is 1. The van der Waals surface area contributed by atoms with Gasteiger partial charge in [-0.15, -0.1) is 0 Å². The van der Waals surface area contributed by atoms with Crippen LogP contribution in [-0.4, -0.2) is 11.4 Å². The van der Waals surface area contributed by atoms with Crippen LogP contribution in [0.15, 0.2) is 0 Å². The van der Waals surface area contributed by atoms with Gasteiger partial charge in [0.2, 0.25) is 0 Å². The fraction of sp³-hybridized carbons (Fsp3) is 1.00. The molecule has 0 amide bonds. The van der Waals surface area contributed by atoms with Crippen molar-refractivity contribution in [3.8, 4) is 0 Å². The minimum atomic E-state index is -0.603. The molecule has 6 heavy (non-hydrogen) atoms. The molecule has 0 aromatic carbocycles. The number of hydrogen-bond donors (Lipinski definition) is 1. The number of rotatable bonds is 0. The lowest BCUT2D eigenvalue weighted by atomic mass is 9.97. The quantitative estimate of drug-likeness (QED) is 0.443. The van der Waals surface area contributed by atoms with E-state index < -0.39 is 6.17 Å². The van der Waals surface area contributed by atoms with Crippen molar-refractivity contribution in [3.63, 3.8) is 0 Å². The Morgan fingerprint density at radius 2 is 2.00 bits per heavy atom. The van der Waals surface area contributed by atoms with Crippen molar-refractivity contribution in [2.75, 3.05) is 0 Å². The molecule has 0 spiro atoms. The van der Waals surface area contributed by atoms with Crippen molar-refractivity contribution in [3.05, 3.63) is 0 Å². The van der Waals surface area contributed by atoms with E-state index in [1.807, 2.05) is 0 Å².